The smallest absolute Gasteiger partial charge is 0.160 e. The minimum Gasteiger partial charge on any atom is -0.493 e. The average Bonchev–Trinajstić information content (AvgIpc) is 2.30. The maximum absolute atomic E-state index is 5.27. The first-order valence-electron chi connectivity index (χ1n) is 5.95. The highest BCUT2D eigenvalue weighted by molar-refractivity contribution is 5.55. The van der Waals surface area contributed by atoms with Crippen molar-refractivity contribution in [3.63, 3.8) is 0 Å². The van der Waals surface area contributed by atoms with Crippen molar-refractivity contribution >= 4 is 5.69 Å². The molecule has 1 aromatic rings. The first-order chi connectivity index (χ1) is 7.71. The summed E-state index contributed by atoms with van der Waals surface area (Å²) in [5.41, 5.74) is 2.05. The second-order valence-electron chi connectivity index (χ2n) is 4.09. The Bertz CT molecular complexity index is 322. The van der Waals surface area contributed by atoms with Crippen LogP contribution in [0.3, 0.4) is 0 Å². The molecule has 16 heavy (non-hydrogen) atoms. The van der Waals surface area contributed by atoms with Crippen LogP contribution in [0.5, 0.6) is 5.75 Å². The molecule has 3 heteroatoms. The molecule has 1 rings (SSSR count). The summed E-state index contributed by atoms with van der Waals surface area (Å²) in [6.07, 6.45) is 4.18. The zero-order valence-electron chi connectivity index (χ0n) is 10.7. The van der Waals surface area contributed by atoms with Crippen molar-refractivity contribution in [1.82, 2.24) is 4.98 Å². The molecule has 3 nitrogen and oxygen atoms in total. The number of methoxy groups -OCH3 is 1. The van der Waals surface area contributed by atoms with E-state index in [1.807, 2.05) is 13.0 Å². The third-order valence-electron chi connectivity index (χ3n) is 2.96. The van der Waals surface area contributed by atoms with Crippen molar-refractivity contribution in [2.75, 3.05) is 19.0 Å². The number of nitrogens with one attached hydrogen (secondary N) is 1. The summed E-state index contributed by atoms with van der Waals surface area (Å²) < 4.78 is 5.27. The molecular formula is C13H22N2O. The third-order valence-corrected chi connectivity index (χ3v) is 2.96. The van der Waals surface area contributed by atoms with Crippen molar-refractivity contribution in [3.8, 4) is 5.75 Å². The standard InChI is InChI=1S/C13H22N2O/c1-5-11(6-2)8-15-12-7-10(3)14-9-13(12)16-4/h7,9,11H,5-6,8H2,1-4H3,(H,14,15). The summed E-state index contributed by atoms with van der Waals surface area (Å²) in [5.74, 6) is 1.54. The van der Waals surface area contributed by atoms with Gasteiger partial charge in [0.05, 0.1) is 19.0 Å². The van der Waals surface area contributed by atoms with Crippen molar-refractivity contribution in [2.24, 2.45) is 5.92 Å². The van der Waals surface area contributed by atoms with E-state index in [1.54, 1.807) is 13.3 Å². The summed E-state index contributed by atoms with van der Waals surface area (Å²) >= 11 is 0. The maximum Gasteiger partial charge on any atom is 0.160 e. The van der Waals surface area contributed by atoms with Crippen LogP contribution in [0.4, 0.5) is 5.69 Å². The van der Waals surface area contributed by atoms with Gasteiger partial charge in [-0.15, -0.1) is 0 Å². The van der Waals surface area contributed by atoms with Crippen LogP contribution < -0.4 is 10.1 Å². The molecule has 0 saturated carbocycles. The summed E-state index contributed by atoms with van der Waals surface area (Å²) in [7, 11) is 1.68. The first kappa shape index (κ1) is 12.8. The average molecular weight is 222 g/mol. The van der Waals surface area contributed by atoms with Crippen molar-refractivity contribution in [2.45, 2.75) is 33.6 Å². The lowest BCUT2D eigenvalue weighted by molar-refractivity contribution is 0.413. The quantitative estimate of drug-likeness (QED) is 0.802. The Labute approximate surface area is 98.2 Å². The molecule has 0 amide bonds. The van der Waals surface area contributed by atoms with Crippen LogP contribution >= 0.6 is 0 Å². The van der Waals surface area contributed by atoms with E-state index in [1.165, 1.54) is 12.8 Å². The third kappa shape index (κ3) is 3.40. The van der Waals surface area contributed by atoms with E-state index >= 15 is 0 Å². The molecule has 0 atom stereocenters. The van der Waals surface area contributed by atoms with Gasteiger partial charge in [-0.2, -0.15) is 0 Å². The zero-order valence-corrected chi connectivity index (χ0v) is 10.7. The van der Waals surface area contributed by atoms with Crippen LogP contribution in [-0.4, -0.2) is 18.6 Å². The van der Waals surface area contributed by atoms with Gasteiger partial charge in [0.2, 0.25) is 0 Å². The molecule has 0 saturated heterocycles. The topological polar surface area (TPSA) is 34.2 Å². The van der Waals surface area contributed by atoms with Crippen molar-refractivity contribution in [1.29, 1.82) is 0 Å². The molecule has 1 heterocycles. The zero-order chi connectivity index (χ0) is 12.0. The molecular weight excluding hydrogens is 200 g/mol. The van der Waals surface area contributed by atoms with Crippen LogP contribution in [0.1, 0.15) is 32.4 Å². The monoisotopic (exact) mass is 222 g/mol. The molecule has 0 aliphatic rings. The number of anilines is 1. The van der Waals surface area contributed by atoms with Crippen LogP contribution in [-0.2, 0) is 0 Å². The minimum absolute atomic E-state index is 0.721. The molecule has 0 radical (unpaired) electrons. The number of pyridine rings is 1. The Hall–Kier alpha value is -1.25. The summed E-state index contributed by atoms with van der Waals surface area (Å²) in [6.45, 7) is 7.43. The Kier molecular flexibility index (Phi) is 5.09. The van der Waals surface area contributed by atoms with Gasteiger partial charge in [0.25, 0.3) is 0 Å². The van der Waals surface area contributed by atoms with E-state index in [0.717, 1.165) is 29.6 Å². The number of nitrogens with zero attached hydrogens (tertiary/aromatic N) is 1. The fourth-order valence-electron chi connectivity index (χ4n) is 1.68. The number of aryl methyl sites for hydroxylation is 1. The number of hydrogen-bond donors (Lipinski definition) is 1. The molecule has 1 N–H and O–H groups in total. The first-order valence-corrected chi connectivity index (χ1v) is 5.95. The Morgan fingerprint density at radius 3 is 2.62 bits per heavy atom. The van der Waals surface area contributed by atoms with Crippen LogP contribution in [0.2, 0.25) is 0 Å². The lowest BCUT2D eigenvalue weighted by Crippen LogP contribution is -2.13. The van der Waals surface area contributed by atoms with Gasteiger partial charge in [-0.25, -0.2) is 0 Å². The van der Waals surface area contributed by atoms with Crippen LogP contribution in [0, 0.1) is 12.8 Å². The normalized spacial score (nSPS) is 10.6. The molecule has 0 aromatic carbocycles. The highest BCUT2D eigenvalue weighted by atomic mass is 16.5. The van der Waals surface area contributed by atoms with E-state index in [-0.39, 0.29) is 0 Å². The highest BCUT2D eigenvalue weighted by Gasteiger charge is 2.07. The molecule has 0 aliphatic heterocycles. The number of ether oxygens (including phenoxy) is 1. The molecule has 0 spiro atoms. The molecule has 0 fully saturated rings. The molecule has 90 valence electrons. The van der Waals surface area contributed by atoms with Crippen molar-refractivity contribution < 1.29 is 4.74 Å². The van der Waals surface area contributed by atoms with Gasteiger partial charge in [-0.1, -0.05) is 26.7 Å². The van der Waals surface area contributed by atoms with E-state index < -0.39 is 0 Å². The van der Waals surface area contributed by atoms with Gasteiger partial charge in [0, 0.05) is 12.2 Å². The summed E-state index contributed by atoms with van der Waals surface area (Å²) in [4.78, 5) is 4.21. The second-order valence-corrected chi connectivity index (χ2v) is 4.09. The number of aromatic nitrogens is 1. The van der Waals surface area contributed by atoms with Crippen LogP contribution in [0.25, 0.3) is 0 Å². The SMILES string of the molecule is CCC(CC)CNc1cc(C)ncc1OC. The fourth-order valence-corrected chi connectivity index (χ4v) is 1.68. The Balaban J connectivity index is 2.68. The second kappa shape index (κ2) is 6.36. The lowest BCUT2D eigenvalue weighted by atomic mass is 10.0. The lowest BCUT2D eigenvalue weighted by Gasteiger charge is -2.16. The van der Waals surface area contributed by atoms with Gasteiger partial charge in [0.1, 0.15) is 0 Å². The van der Waals surface area contributed by atoms with Gasteiger partial charge >= 0.3 is 0 Å². The van der Waals surface area contributed by atoms with E-state index in [9.17, 15) is 0 Å². The van der Waals surface area contributed by atoms with Gasteiger partial charge in [0.15, 0.2) is 5.75 Å². The molecule has 0 bridgehead atoms. The summed E-state index contributed by atoms with van der Waals surface area (Å²) in [5, 5.41) is 3.44. The Morgan fingerprint density at radius 1 is 1.38 bits per heavy atom. The largest absolute Gasteiger partial charge is 0.493 e. The van der Waals surface area contributed by atoms with Crippen molar-refractivity contribution in [3.05, 3.63) is 18.0 Å². The molecule has 1 aromatic heterocycles. The summed E-state index contributed by atoms with van der Waals surface area (Å²) in [6, 6.07) is 2.03. The Morgan fingerprint density at radius 2 is 2.06 bits per heavy atom. The number of hydrogen-bond acceptors (Lipinski definition) is 3. The van der Waals surface area contributed by atoms with E-state index in [2.05, 4.69) is 24.1 Å². The fraction of sp³-hybridized carbons (Fsp3) is 0.615. The van der Waals surface area contributed by atoms with Crippen LogP contribution in [0.15, 0.2) is 12.3 Å². The minimum atomic E-state index is 0.721. The molecule has 0 unspecified atom stereocenters. The van der Waals surface area contributed by atoms with Gasteiger partial charge in [-0.3, -0.25) is 4.98 Å². The van der Waals surface area contributed by atoms with Gasteiger partial charge in [-0.05, 0) is 18.9 Å². The maximum atomic E-state index is 5.27. The van der Waals surface area contributed by atoms with Gasteiger partial charge < -0.3 is 10.1 Å². The van der Waals surface area contributed by atoms with E-state index in [4.69, 9.17) is 4.74 Å². The molecule has 0 aliphatic carbocycles. The predicted molar refractivity (Wildman–Crippen MR) is 68.1 cm³/mol. The number of rotatable bonds is 6. The predicted octanol–water partition coefficient (Wildman–Crippen LogP) is 3.25. The van der Waals surface area contributed by atoms with E-state index in [0.29, 0.717) is 0 Å². The highest BCUT2D eigenvalue weighted by Crippen LogP contribution is 2.24.